The lowest BCUT2D eigenvalue weighted by Gasteiger charge is -2.13. The number of hydrogen-bond acceptors (Lipinski definition) is 5. The first-order valence-electron chi connectivity index (χ1n) is 9.94. The van der Waals surface area contributed by atoms with E-state index in [1.54, 1.807) is 0 Å². The number of amides is 1. The molecular formula is C21H20F3N7O. The van der Waals surface area contributed by atoms with E-state index in [1.807, 2.05) is 42.6 Å². The maximum atomic E-state index is 12.8. The Morgan fingerprint density at radius 1 is 1.12 bits per heavy atom. The molecule has 1 amide bonds. The number of carbonyl (C=O) groups is 1. The van der Waals surface area contributed by atoms with Gasteiger partial charge in [0.05, 0.1) is 23.0 Å². The average molecular weight is 443 g/mol. The lowest BCUT2D eigenvalue weighted by Crippen LogP contribution is -2.27. The van der Waals surface area contributed by atoms with E-state index in [0.717, 1.165) is 23.7 Å². The topological polar surface area (TPSA) is 90.0 Å². The fraction of sp³-hybridized carbons (Fsp3) is 0.286. The molecule has 0 aliphatic rings. The zero-order valence-electron chi connectivity index (χ0n) is 17.3. The molecule has 4 aromatic heterocycles. The SMILES string of the molecule is CC(C)c1c(C(=O)NCCc2nnc3ccccn23)cnn1-c1ccc(C(F)(F)F)cn1. The molecule has 166 valence electrons. The van der Waals surface area contributed by atoms with Crippen LogP contribution in [0.4, 0.5) is 13.2 Å². The molecule has 0 spiro atoms. The Balaban J connectivity index is 1.51. The van der Waals surface area contributed by atoms with Gasteiger partial charge in [0.1, 0.15) is 5.82 Å². The Labute approximate surface area is 181 Å². The second-order valence-corrected chi connectivity index (χ2v) is 7.46. The molecule has 0 aliphatic heterocycles. The summed E-state index contributed by atoms with van der Waals surface area (Å²) in [4.78, 5) is 16.7. The number of nitrogens with zero attached hydrogens (tertiary/aromatic N) is 6. The van der Waals surface area contributed by atoms with Crippen molar-refractivity contribution in [2.75, 3.05) is 6.54 Å². The van der Waals surface area contributed by atoms with Crippen LogP contribution >= 0.6 is 0 Å². The molecule has 4 heterocycles. The molecule has 0 saturated heterocycles. The summed E-state index contributed by atoms with van der Waals surface area (Å²) in [5.74, 6) is 0.466. The maximum Gasteiger partial charge on any atom is 0.417 e. The minimum absolute atomic E-state index is 0.122. The summed E-state index contributed by atoms with van der Waals surface area (Å²) in [6.07, 6.45) is 0.00444. The van der Waals surface area contributed by atoms with Crippen LogP contribution in [0, 0.1) is 0 Å². The van der Waals surface area contributed by atoms with Crippen LogP contribution in [-0.2, 0) is 12.6 Å². The minimum atomic E-state index is -4.47. The van der Waals surface area contributed by atoms with Crippen molar-refractivity contribution >= 4 is 11.6 Å². The molecule has 0 unspecified atom stereocenters. The molecule has 32 heavy (non-hydrogen) atoms. The molecule has 4 rings (SSSR count). The Bertz CT molecular complexity index is 1240. The molecule has 0 atom stereocenters. The summed E-state index contributed by atoms with van der Waals surface area (Å²) in [5.41, 5.74) is 0.773. The highest BCUT2D eigenvalue weighted by Gasteiger charge is 2.31. The van der Waals surface area contributed by atoms with Crippen LogP contribution in [0.2, 0.25) is 0 Å². The number of nitrogens with one attached hydrogen (secondary N) is 1. The van der Waals surface area contributed by atoms with Crippen LogP contribution < -0.4 is 5.32 Å². The monoisotopic (exact) mass is 443 g/mol. The normalized spacial score (nSPS) is 11.9. The fourth-order valence-corrected chi connectivity index (χ4v) is 3.39. The summed E-state index contributed by atoms with van der Waals surface area (Å²) in [6.45, 7) is 4.07. The van der Waals surface area contributed by atoms with Gasteiger partial charge in [0, 0.05) is 25.4 Å². The van der Waals surface area contributed by atoms with Crippen molar-refractivity contribution in [3.63, 3.8) is 0 Å². The first kappa shape index (κ1) is 21.5. The number of fused-ring (bicyclic) bond motifs is 1. The third-order valence-electron chi connectivity index (χ3n) is 4.91. The zero-order chi connectivity index (χ0) is 22.9. The second kappa shape index (κ2) is 8.40. The number of alkyl halides is 3. The number of rotatable bonds is 6. The highest BCUT2D eigenvalue weighted by Crippen LogP contribution is 2.29. The van der Waals surface area contributed by atoms with Gasteiger partial charge >= 0.3 is 6.18 Å². The minimum Gasteiger partial charge on any atom is -0.351 e. The van der Waals surface area contributed by atoms with Crippen molar-refractivity contribution in [3.05, 3.63) is 71.6 Å². The van der Waals surface area contributed by atoms with Gasteiger partial charge < -0.3 is 5.32 Å². The van der Waals surface area contributed by atoms with Gasteiger partial charge in [-0.1, -0.05) is 19.9 Å². The van der Waals surface area contributed by atoms with Crippen molar-refractivity contribution in [1.82, 2.24) is 34.7 Å². The number of carbonyl (C=O) groups excluding carboxylic acids is 1. The average Bonchev–Trinajstić information content (AvgIpc) is 3.38. The van der Waals surface area contributed by atoms with Crippen molar-refractivity contribution in [2.24, 2.45) is 0 Å². The van der Waals surface area contributed by atoms with E-state index >= 15 is 0 Å². The number of halogens is 3. The zero-order valence-corrected chi connectivity index (χ0v) is 17.3. The Morgan fingerprint density at radius 3 is 2.62 bits per heavy atom. The summed E-state index contributed by atoms with van der Waals surface area (Å²) < 4.78 is 41.7. The quantitative estimate of drug-likeness (QED) is 0.493. The van der Waals surface area contributed by atoms with E-state index in [-0.39, 0.29) is 17.6 Å². The molecule has 0 saturated carbocycles. The summed E-state index contributed by atoms with van der Waals surface area (Å²) in [5, 5.41) is 15.3. The van der Waals surface area contributed by atoms with E-state index in [1.165, 1.54) is 16.9 Å². The van der Waals surface area contributed by atoms with Crippen LogP contribution in [0.1, 0.15) is 47.2 Å². The van der Waals surface area contributed by atoms with Crippen LogP contribution in [0.3, 0.4) is 0 Å². The standard InChI is InChI=1S/C21H20F3N7O/c1-13(2)19-15(12-27-31(19)16-7-6-14(11-26-16)21(22,23)24)20(32)25-9-8-18-29-28-17-5-3-4-10-30(17)18/h3-7,10-13H,8-9H2,1-2H3,(H,25,32). The third-order valence-corrected chi connectivity index (χ3v) is 4.91. The molecule has 1 N–H and O–H groups in total. The molecule has 0 aliphatic carbocycles. The van der Waals surface area contributed by atoms with E-state index in [2.05, 4.69) is 25.6 Å². The van der Waals surface area contributed by atoms with Gasteiger partial charge in [-0.3, -0.25) is 9.20 Å². The van der Waals surface area contributed by atoms with Gasteiger partial charge in [-0.05, 0) is 30.2 Å². The lowest BCUT2D eigenvalue weighted by atomic mass is 10.1. The molecule has 4 aromatic rings. The molecule has 11 heteroatoms. The molecule has 0 aromatic carbocycles. The number of pyridine rings is 2. The first-order chi connectivity index (χ1) is 15.3. The lowest BCUT2D eigenvalue weighted by molar-refractivity contribution is -0.137. The number of hydrogen-bond donors (Lipinski definition) is 1. The van der Waals surface area contributed by atoms with Gasteiger partial charge in [-0.15, -0.1) is 10.2 Å². The highest BCUT2D eigenvalue weighted by molar-refractivity contribution is 5.95. The molecule has 8 nitrogen and oxygen atoms in total. The van der Waals surface area contributed by atoms with Gasteiger partial charge in [0.15, 0.2) is 11.5 Å². The van der Waals surface area contributed by atoms with E-state index in [0.29, 0.717) is 24.2 Å². The number of aromatic nitrogens is 6. The van der Waals surface area contributed by atoms with Crippen LogP contribution in [0.5, 0.6) is 0 Å². The van der Waals surface area contributed by atoms with Crippen molar-refractivity contribution in [1.29, 1.82) is 0 Å². The first-order valence-corrected chi connectivity index (χ1v) is 9.94. The van der Waals surface area contributed by atoms with Crippen molar-refractivity contribution in [3.8, 4) is 5.82 Å². The molecular weight excluding hydrogens is 423 g/mol. The van der Waals surface area contributed by atoms with Crippen molar-refractivity contribution in [2.45, 2.75) is 32.4 Å². The highest BCUT2D eigenvalue weighted by atomic mass is 19.4. The Hall–Kier alpha value is -3.76. The second-order valence-electron chi connectivity index (χ2n) is 7.46. The molecule has 0 bridgehead atoms. The van der Waals surface area contributed by atoms with Gasteiger partial charge in [0.2, 0.25) is 0 Å². The van der Waals surface area contributed by atoms with Gasteiger partial charge in [0.25, 0.3) is 5.91 Å². The van der Waals surface area contributed by atoms with E-state index in [4.69, 9.17) is 0 Å². The smallest absolute Gasteiger partial charge is 0.351 e. The predicted molar refractivity (Wildman–Crippen MR) is 109 cm³/mol. The fourth-order valence-electron chi connectivity index (χ4n) is 3.39. The summed E-state index contributed by atoms with van der Waals surface area (Å²) >= 11 is 0. The largest absolute Gasteiger partial charge is 0.417 e. The summed E-state index contributed by atoms with van der Waals surface area (Å²) in [7, 11) is 0. The predicted octanol–water partition coefficient (Wildman–Crippen LogP) is 3.42. The van der Waals surface area contributed by atoms with Crippen LogP contribution in [0.25, 0.3) is 11.5 Å². The maximum absolute atomic E-state index is 12.8. The molecule has 0 radical (unpaired) electrons. The molecule has 0 fully saturated rings. The van der Waals surface area contributed by atoms with Crippen molar-refractivity contribution < 1.29 is 18.0 Å². The van der Waals surface area contributed by atoms with E-state index in [9.17, 15) is 18.0 Å². The van der Waals surface area contributed by atoms with Crippen LogP contribution in [0.15, 0.2) is 48.9 Å². The Kier molecular flexibility index (Phi) is 5.64. The summed E-state index contributed by atoms with van der Waals surface area (Å²) in [6, 6.07) is 7.76. The van der Waals surface area contributed by atoms with Crippen LogP contribution in [-0.4, -0.2) is 41.8 Å². The van der Waals surface area contributed by atoms with E-state index < -0.39 is 11.7 Å². The van der Waals surface area contributed by atoms with Gasteiger partial charge in [-0.2, -0.15) is 18.3 Å². The van der Waals surface area contributed by atoms with Gasteiger partial charge in [-0.25, -0.2) is 9.67 Å². The third kappa shape index (κ3) is 4.18. The Morgan fingerprint density at radius 2 is 1.94 bits per heavy atom.